The fourth-order valence-electron chi connectivity index (χ4n) is 2.29. The molecule has 2 rings (SSSR count). The first-order chi connectivity index (χ1) is 10.2. The first-order valence-corrected chi connectivity index (χ1v) is 8.48. The molecule has 0 fully saturated rings. The molecule has 1 unspecified atom stereocenters. The molecular weight excluding hydrogens is 282 g/mol. The van der Waals surface area contributed by atoms with E-state index in [0.717, 1.165) is 28.5 Å². The summed E-state index contributed by atoms with van der Waals surface area (Å²) in [6.07, 6.45) is 2.36. The second-order valence-corrected chi connectivity index (χ2v) is 6.70. The molecule has 2 N–H and O–H groups in total. The average molecular weight is 307 g/mol. The van der Waals surface area contributed by atoms with E-state index in [4.69, 9.17) is 4.74 Å². The highest BCUT2D eigenvalue weighted by Gasteiger charge is 2.11. The average Bonchev–Trinajstić information content (AvgIpc) is 2.89. The number of fused-ring (bicyclic) bond motifs is 1. The second-order valence-electron chi connectivity index (χ2n) is 5.28. The van der Waals surface area contributed by atoms with Gasteiger partial charge >= 0.3 is 0 Å². The first-order valence-electron chi connectivity index (χ1n) is 7.60. The van der Waals surface area contributed by atoms with Crippen LogP contribution in [0.25, 0.3) is 11.0 Å². The highest BCUT2D eigenvalue weighted by Crippen LogP contribution is 2.25. The Morgan fingerprint density at radius 3 is 2.76 bits per heavy atom. The molecule has 0 amide bonds. The summed E-state index contributed by atoms with van der Waals surface area (Å²) < 4.78 is 5.24. The number of H-pyrrole nitrogens is 1. The summed E-state index contributed by atoms with van der Waals surface area (Å²) in [7, 11) is 1.68. The molecule has 1 atom stereocenters. The zero-order valence-electron chi connectivity index (χ0n) is 13.3. The fourth-order valence-corrected chi connectivity index (χ4v) is 3.17. The lowest BCUT2D eigenvalue weighted by Gasteiger charge is -2.17. The van der Waals surface area contributed by atoms with Crippen molar-refractivity contribution in [2.75, 3.05) is 13.7 Å². The van der Waals surface area contributed by atoms with Crippen molar-refractivity contribution in [3.05, 3.63) is 18.2 Å². The number of hydrogen-bond donors (Lipinski definition) is 2. The fraction of sp³-hybridized carbons (Fsp3) is 0.562. The molecule has 0 saturated heterocycles. The van der Waals surface area contributed by atoms with Crippen LogP contribution in [0.3, 0.4) is 0 Å². The van der Waals surface area contributed by atoms with Crippen LogP contribution in [0.2, 0.25) is 0 Å². The maximum atomic E-state index is 5.24. The summed E-state index contributed by atoms with van der Waals surface area (Å²) in [5.41, 5.74) is 2.01. The monoisotopic (exact) mass is 307 g/mol. The van der Waals surface area contributed by atoms with E-state index in [0.29, 0.717) is 11.3 Å². The van der Waals surface area contributed by atoms with E-state index in [2.05, 4.69) is 36.1 Å². The quantitative estimate of drug-likeness (QED) is 0.728. The molecular formula is C16H25N3OS. The number of benzene rings is 1. The molecule has 1 aromatic heterocycles. The van der Waals surface area contributed by atoms with Crippen LogP contribution in [-0.4, -0.2) is 34.9 Å². The van der Waals surface area contributed by atoms with Gasteiger partial charge in [0.2, 0.25) is 0 Å². The predicted octanol–water partition coefficient (Wildman–Crippen LogP) is 3.83. The summed E-state index contributed by atoms with van der Waals surface area (Å²) in [5, 5.41) is 5.06. The summed E-state index contributed by atoms with van der Waals surface area (Å²) in [5.74, 6) is 0.853. The van der Waals surface area contributed by atoms with Gasteiger partial charge < -0.3 is 15.0 Å². The lowest BCUT2D eigenvalue weighted by molar-refractivity contribution is 0.415. The molecule has 0 aliphatic heterocycles. The van der Waals surface area contributed by atoms with Crippen molar-refractivity contribution in [2.45, 2.75) is 50.1 Å². The van der Waals surface area contributed by atoms with Crippen LogP contribution in [0.1, 0.15) is 33.6 Å². The van der Waals surface area contributed by atoms with Crippen molar-refractivity contribution in [1.82, 2.24) is 15.3 Å². The van der Waals surface area contributed by atoms with Crippen molar-refractivity contribution in [2.24, 2.45) is 0 Å². The van der Waals surface area contributed by atoms with Crippen LogP contribution in [0.4, 0.5) is 0 Å². The molecule has 4 nitrogen and oxygen atoms in total. The minimum atomic E-state index is 0.480. The van der Waals surface area contributed by atoms with Gasteiger partial charge in [-0.25, -0.2) is 4.98 Å². The molecule has 2 aromatic rings. The molecule has 0 radical (unpaired) electrons. The normalized spacial score (nSPS) is 13.0. The Bertz CT molecular complexity index is 566. The maximum Gasteiger partial charge on any atom is 0.166 e. The van der Waals surface area contributed by atoms with E-state index >= 15 is 0 Å². The van der Waals surface area contributed by atoms with Crippen LogP contribution in [0.15, 0.2) is 23.4 Å². The Morgan fingerprint density at radius 2 is 2.10 bits per heavy atom. The van der Waals surface area contributed by atoms with Gasteiger partial charge in [0, 0.05) is 23.9 Å². The van der Waals surface area contributed by atoms with E-state index in [-0.39, 0.29) is 0 Å². The van der Waals surface area contributed by atoms with Gasteiger partial charge in [0.15, 0.2) is 5.16 Å². The van der Waals surface area contributed by atoms with Crippen LogP contribution < -0.4 is 10.1 Å². The van der Waals surface area contributed by atoms with Gasteiger partial charge in [-0.3, -0.25) is 0 Å². The number of aromatic nitrogens is 2. The highest BCUT2D eigenvalue weighted by atomic mass is 32.2. The third-order valence-electron chi connectivity index (χ3n) is 3.66. The van der Waals surface area contributed by atoms with E-state index < -0.39 is 0 Å². The van der Waals surface area contributed by atoms with Crippen molar-refractivity contribution in [3.8, 4) is 5.75 Å². The van der Waals surface area contributed by atoms with E-state index in [1.165, 1.54) is 12.8 Å². The molecule has 0 spiro atoms. The molecule has 0 bridgehead atoms. The van der Waals surface area contributed by atoms with Crippen LogP contribution in [-0.2, 0) is 0 Å². The van der Waals surface area contributed by atoms with Gasteiger partial charge in [-0.15, -0.1) is 0 Å². The number of ether oxygens (including phenoxy) is 1. The summed E-state index contributed by atoms with van der Waals surface area (Å²) in [6.45, 7) is 7.68. The first kappa shape index (κ1) is 16.2. The van der Waals surface area contributed by atoms with E-state index in [1.807, 2.05) is 18.2 Å². The van der Waals surface area contributed by atoms with Crippen LogP contribution in [0.5, 0.6) is 5.75 Å². The third-order valence-corrected chi connectivity index (χ3v) is 4.65. The number of thioether (sulfide) groups is 1. The van der Waals surface area contributed by atoms with Gasteiger partial charge in [-0.05, 0) is 25.0 Å². The zero-order valence-corrected chi connectivity index (χ0v) is 14.1. The van der Waals surface area contributed by atoms with Gasteiger partial charge in [-0.1, -0.05) is 32.5 Å². The SMILES string of the molecule is CCC(CC)NCC(C)Sc1nc2ccc(OC)cc2[nH]1. The summed E-state index contributed by atoms with van der Waals surface area (Å²) >= 11 is 1.78. The molecule has 5 heteroatoms. The number of methoxy groups -OCH3 is 1. The number of nitrogens with zero attached hydrogens (tertiary/aromatic N) is 1. The van der Waals surface area contributed by atoms with E-state index in [1.54, 1.807) is 18.9 Å². The van der Waals surface area contributed by atoms with Gasteiger partial charge in [0.05, 0.1) is 18.1 Å². The largest absolute Gasteiger partial charge is 0.497 e. The van der Waals surface area contributed by atoms with Crippen LogP contribution in [0, 0.1) is 0 Å². The lowest BCUT2D eigenvalue weighted by atomic mass is 10.2. The number of aromatic amines is 1. The Labute approximate surface area is 131 Å². The highest BCUT2D eigenvalue weighted by molar-refractivity contribution is 7.99. The number of imidazole rings is 1. The molecule has 1 aromatic carbocycles. The van der Waals surface area contributed by atoms with Crippen molar-refractivity contribution < 1.29 is 4.74 Å². The van der Waals surface area contributed by atoms with Crippen molar-refractivity contribution in [1.29, 1.82) is 0 Å². The molecule has 116 valence electrons. The topological polar surface area (TPSA) is 49.9 Å². The Kier molecular flexibility index (Phi) is 5.94. The van der Waals surface area contributed by atoms with Crippen molar-refractivity contribution >= 4 is 22.8 Å². The number of hydrogen-bond acceptors (Lipinski definition) is 4. The molecule has 0 aliphatic carbocycles. The van der Waals surface area contributed by atoms with Crippen LogP contribution >= 0.6 is 11.8 Å². The van der Waals surface area contributed by atoms with E-state index in [9.17, 15) is 0 Å². The minimum Gasteiger partial charge on any atom is -0.497 e. The maximum absolute atomic E-state index is 5.24. The smallest absolute Gasteiger partial charge is 0.166 e. The third kappa shape index (κ3) is 4.38. The zero-order chi connectivity index (χ0) is 15.2. The molecule has 0 aliphatic rings. The number of nitrogens with one attached hydrogen (secondary N) is 2. The van der Waals surface area contributed by atoms with Gasteiger partial charge in [-0.2, -0.15) is 0 Å². The molecule has 0 saturated carbocycles. The van der Waals surface area contributed by atoms with Gasteiger partial charge in [0.1, 0.15) is 5.75 Å². The predicted molar refractivity (Wildman–Crippen MR) is 90.3 cm³/mol. The summed E-state index contributed by atoms with van der Waals surface area (Å²) in [4.78, 5) is 7.98. The second kappa shape index (κ2) is 7.71. The Balaban J connectivity index is 1.96. The Morgan fingerprint density at radius 1 is 1.33 bits per heavy atom. The summed E-state index contributed by atoms with van der Waals surface area (Å²) in [6, 6.07) is 6.53. The van der Waals surface area contributed by atoms with Crippen molar-refractivity contribution in [3.63, 3.8) is 0 Å². The molecule has 1 heterocycles. The van der Waals surface area contributed by atoms with Gasteiger partial charge in [0.25, 0.3) is 0 Å². The number of rotatable bonds is 8. The lowest BCUT2D eigenvalue weighted by Crippen LogP contribution is -2.32. The Hall–Kier alpha value is -1.20. The standard InChI is InChI=1S/C16H25N3OS/c1-5-12(6-2)17-10-11(3)21-16-18-14-8-7-13(20-4)9-15(14)19-16/h7-9,11-12,17H,5-6,10H2,1-4H3,(H,18,19). The molecule has 21 heavy (non-hydrogen) atoms. The minimum absolute atomic E-state index is 0.480.